The molecule has 0 bridgehead atoms. The van der Waals surface area contributed by atoms with Crippen LogP contribution >= 0.6 is 15.9 Å². The van der Waals surface area contributed by atoms with Crippen LogP contribution in [0, 0.1) is 0 Å². The van der Waals surface area contributed by atoms with Gasteiger partial charge in [-0.05, 0) is 42.5 Å². The van der Waals surface area contributed by atoms with Gasteiger partial charge in [-0.1, -0.05) is 40.2 Å². The van der Waals surface area contributed by atoms with Gasteiger partial charge in [0.15, 0.2) is 0 Å². The molecule has 4 aromatic rings. The summed E-state index contributed by atoms with van der Waals surface area (Å²) in [5.41, 5.74) is 3.91. The Bertz CT molecular complexity index is 1020. The topological polar surface area (TPSA) is 46.4 Å². The number of carbonyl (C=O) groups is 1. The summed E-state index contributed by atoms with van der Waals surface area (Å²) < 4.78 is 2.90. The highest BCUT2D eigenvalue weighted by atomic mass is 79.9. The number of hydrogen-bond donors (Lipinski definition) is 1. The molecule has 2 heterocycles. The maximum Gasteiger partial charge on any atom is 0.255 e. The van der Waals surface area contributed by atoms with Crippen molar-refractivity contribution < 1.29 is 4.79 Å². The van der Waals surface area contributed by atoms with Crippen LogP contribution in [0.3, 0.4) is 0 Å². The summed E-state index contributed by atoms with van der Waals surface area (Å²) in [6.07, 6.45) is 3.91. The molecule has 25 heavy (non-hydrogen) atoms. The minimum atomic E-state index is -0.149. The fraction of sp³-hybridized carbons (Fsp3) is 0. The van der Waals surface area contributed by atoms with E-state index in [9.17, 15) is 4.79 Å². The van der Waals surface area contributed by atoms with E-state index >= 15 is 0 Å². The molecule has 0 aliphatic carbocycles. The summed E-state index contributed by atoms with van der Waals surface area (Å²) in [7, 11) is 0. The zero-order valence-corrected chi connectivity index (χ0v) is 14.8. The first-order chi connectivity index (χ1) is 12.2. The second-order valence-electron chi connectivity index (χ2n) is 5.60. The highest BCUT2D eigenvalue weighted by Crippen LogP contribution is 2.28. The van der Waals surface area contributed by atoms with E-state index in [0.29, 0.717) is 5.56 Å². The van der Waals surface area contributed by atoms with Crippen LogP contribution in [-0.4, -0.2) is 15.3 Å². The molecule has 2 aromatic heterocycles. The van der Waals surface area contributed by atoms with Crippen LogP contribution in [0.2, 0.25) is 0 Å². The number of nitrogens with one attached hydrogen (secondary N) is 1. The molecule has 0 saturated heterocycles. The Hall–Kier alpha value is -2.92. The first-order valence-corrected chi connectivity index (χ1v) is 8.60. The van der Waals surface area contributed by atoms with Crippen molar-refractivity contribution >= 4 is 33.2 Å². The van der Waals surface area contributed by atoms with Crippen LogP contribution in [0.25, 0.3) is 16.9 Å². The third-order valence-corrected chi connectivity index (χ3v) is 4.45. The van der Waals surface area contributed by atoms with Crippen LogP contribution in [0.5, 0.6) is 0 Å². The molecule has 0 fully saturated rings. The van der Waals surface area contributed by atoms with E-state index in [2.05, 4.69) is 26.2 Å². The number of amides is 1. The lowest BCUT2D eigenvalue weighted by molar-refractivity contribution is 0.102. The smallest absolute Gasteiger partial charge is 0.255 e. The van der Waals surface area contributed by atoms with Gasteiger partial charge in [0.05, 0.1) is 11.4 Å². The predicted molar refractivity (Wildman–Crippen MR) is 103 cm³/mol. The Morgan fingerprint density at radius 1 is 0.960 bits per heavy atom. The van der Waals surface area contributed by atoms with Crippen molar-refractivity contribution in [2.24, 2.45) is 0 Å². The van der Waals surface area contributed by atoms with E-state index in [1.54, 1.807) is 12.1 Å². The van der Waals surface area contributed by atoms with Gasteiger partial charge in [0.25, 0.3) is 5.91 Å². The highest BCUT2D eigenvalue weighted by Gasteiger charge is 2.12. The molecule has 0 unspecified atom stereocenters. The molecule has 0 saturated carbocycles. The molecule has 0 aliphatic rings. The summed E-state index contributed by atoms with van der Waals surface area (Å²) in [6, 6.07) is 20.8. The maximum atomic E-state index is 12.5. The molecule has 0 aliphatic heterocycles. The van der Waals surface area contributed by atoms with Gasteiger partial charge < -0.3 is 9.72 Å². The Morgan fingerprint density at radius 2 is 1.72 bits per heavy atom. The van der Waals surface area contributed by atoms with E-state index in [-0.39, 0.29) is 5.91 Å². The Kier molecular flexibility index (Phi) is 4.07. The molecule has 0 atom stereocenters. The van der Waals surface area contributed by atoms with Crippen molar-refractivity contribution in [2.45, 2.75) is 0 Å². The molecule has 4 nitrogen and oxygen atoms in total. The number of anilines is 1. The first kappa shape index (κ1) is 15.6. The number of carbonyl (C=O) groups excluding carboxylic acids is 1. The standard InChI is InChI=1S/C20H14BrN3O/c21-15-10-8-14(9-11-15)20(25)23-17-6-2-1-5-16(17)18-13-24-12-4-3-7-19(24)22-18/h1-13H,(H,23,25). The molecule has 0 spiro atoms. The molecule has 0 radical (unpaired) electrons. The number of para-hydroxylation sites is 1. The van der Waals surface area contributed by atoms with Gasteiger partial charge in [-0.3, -0.25) is 4.79 Å². The SMILES string of the molecule is O=C(Nc1ccccc1-c1cn2ccccc2n1)c1ccc(Br)cc1. The molecule has 2 aromatic carbocycles. The third-order valence-electron chi connectivity index (χ3n) is 3.92. The number of pyridine rings is 1. The van der Waals surface area contributed by atoms with E-state index in [0.717, 1.165) is 27.1 Å². The van der Waals surface area contributed by atoms with Crippen molar-refractivity contribution in [2.75, 3.05) is 5.32 Å². The summed E-state index contributed by atoms with van der Waals surface area (Å²) >= 11 is 3.38. The zero-order valence-electron chi connectivity index (χ0n) is 13.2. The van der Waals surface area contributed by atoms with E-state index in [4.69, 9.17) is 0 Å². The minimum absolute atomic E-state index is 0.149. The molecule has 1 amide bonds. The Morgan fingerprint density at radius 3 is 2.52 bits per heavy atom. The number of aromatic nitrogens is 2. The highest BCUT2D eigenvalue weighted by molar-refractivity contribution is 9.10. The van der Waals surface area contributed by atoms with Crippen molar-refractivity contribution in [1.82, 2.24) is 9.38 Å². The molecular formula is C20H14BrN3O. The molecule has 5 heteroatoms. The van der Waals surface area contributed by atoms with Gasteiger partial charge in [0.1, 0.15) is 5.65 Å². The molecular weight excluding hydrogens is 378 g/mol. The quantitative estimate of drug-likeness (QED) is 0.533. The van der Waals surface area contributed by atoms with Gasteiger partial charge in [-0.15, -0.1) is 0 Å². The number of rotatable bonds is 3. The fourth-order valence-electron chi connectivity index (χ4n) is 2.68. The van der Waals surface area contributed by atoms with E-state index < -0.39 is 0 Å². The largest absolute Gasteiger partial charge is 0.321 e. The summed E-state index contributed by atoms with van der Waals surface area (Å²) in [5, 5.41) is 2.99. The summed E-state index contributed by atoms with van der Waals surface area (Å²) in [4.78, 5) is 17.2. The zero-order chi connectivity index (χ0) is 17.2. The van der Waals surface area contributed by atoms with Crippen LogP contribution in [-0.2, 0) is 0 Å². The van der Waals surface area contributed by atoms with Gasteiger partial charge in [-0.2, -0.15) is 0 Å². The average molecular weight is 392 g/mol. The molecule has 4 rings (SSSR count). The lowest BCUT2D eigenvalue weighted by Gasteiger charge is -2.09. The average Bonchev–Trinajstić information content (AvgIpc) is 3.06. The summed E-state index contributed by atoms with van der Waals surface area (Å²) in [5.74, 6) is -0.149. The van der Waals surface area contributed by atoms with Crippen molar-refractivity contribution in [3.63, 3.8) is 0 Å². The lowest BCUT2D eigenvalue weighted by atomic mass is 10.1. The minimum Gasteiger partial charge on any atom is -0.321 e. The second kappa shape index (κ2) is 6.53. The van der Waals surface area contributed by atoms with Gasteiger partial charge in [-0.25, -0.2) is 4.98 Å². The van der Waals surface area contributed by atoms with Crippen molar-refractivity contribution in [1.29, 1.82) is 0 Å². The summed E-state index contributed by atoms with van der Waals surface area (Å²) in [6.45, 7) is 0. The van der Waals surface area contributed by atoms with Gasteiger partial charge in [0.2, 0.25) is 0 Å². The number of halogens is 1. The van der Waals surface area contributed by atoms with Crippen LogP contribution in [0.1, 0.15) is 10.4 Å². The lowest BCUT2D eigenvalue weighted by Crippen LogP contribution is -2.12. The number of hydrogen-bond acceptors (Lipinski definition) is 2. The molecule has 122 valence electrons. The maximum absolute atomic E-state index is 12.5. The van der Waals surface area contributed by atoms with Crippen LogP contribution in [0.4, 0.5) is 5.69 Å². The number of nitrogens with zero attached hydrogens (tertiary/aromatic N) is 2. The fourth-order valence-corrected chi connectivity index (χ4v) is 2.94. The van der Waals surface area contributed by atoms with Crippen molar-refractivity contribution in [3.8, 4) is 11.3 Å². The monoisotopic (exact) mass is 391 g/mol. The number of imidazole rings is 1. The van der Waals surface area contributed by atoms with Crippen LogP contribution in [0.15, 0.2) is 83.6 Å². The van der Waals surface area contributed by atoms with Crippen LogP contribution < -0.4 is 5.32 Å². The second-order valence-corrected chi connectivity index (χ2v) is 6.51. The third kappa shape index (κ3) is 3.19. The van der Waals surface area contributed by atoms with E-state index in [1.165, 1.54) is 0 Å². The Balaban J connectivity index is 1.69. The first-order valence-electron chi connectivity index (χ1n) is 7.81. The number of benzene rings is 2. The Labute approximate surface area is 153 Å². The van der Waals surface area contributed by atoms with Crippen molar-refractivity contribution in [3.05, 3.63) is 89.2 Å². The molecule has 1 N–H and O–H groups in total. The normalized spacial score (nSPS) is 10.8. The number of fused-ring (bicyclic) bond motifs is 1. The van der Waals surface area contributed by atoms with E-state index in [1.807, 2.05) is 71.4 Å². The van der Waals surface area contributed by atoms with Gasteiger partial charge in [0, 0.05) is 28.0 Å². The predicted octanol–water partition coefficient (Wildman–Crippen LogP) is 5.02. The van der Waals surface area contributed by atoms with Gasteiger partial charge >= 0.3 is 0 Å².